The lowest BCUT2D eigenvalue weighted by Gasteiger charge is -2.16. The number of carbonyl (C=O) groups excluding carboxylic acids is 1. The molecule has 0 bridgehead atoms. The van der Waals surface area contributed by atoms with Crippen molar-refractivity contribution in [2.75, 3.05) is 12.8 Å². The smallest absolute Gasteiger partial charge is 0.232 e. The van der Waals surface area contributed by atoms with Gasteiger partial charge in [-0.2, -0.15) is 12.6 Å². The molecule has 0 unspecified atom stereocenters. The lowest BCUT2D eigenvalue weighted by atomic mass is 10.1. The largest absolute Gasteiger partial charge is 0.341 e. The van der Waals surface area contributed by atoms with Crippen LogP contribution in [0, 0.1) is 12.7 Å². The van der Waals surface area contributed by atoms with Crippen molar-refractivity contribution in [2.24, 2.45) is 0 Å². The van der Waals surface area contributed by atoms with E-state index >= 15 is 0 Å². The Morgan fingerprint density at radius 2 is 2.20 bits per heavy atom. The number of benzene rings is 1. The summed E-state index contributed by atoms with van der Waals surface area (Å²) in [6.45, 7) is 2.19. The van der Waals surface area contributed by atoms with Crippen LogP contribution < -0.4 is 0 Å². The Kier molecular flexibility index (Phi) is 4.15. The molecule has 0 aliphatic rings. The van der Waals surface area contributed by atoms with E-state index in [1.165, 1.54) is 6.07 Å². The second-order valence-electron chi connectivity index (χ2n) is 3.49. The summed E-state index contributed by atoms with van der Waals surface area (Å²) < 4.78 is 13.0. The van der Waals surface area contributed by atoms with E-state index in [1.807, 2.05) is 0 Å². The van der Waals surface area contributed by atoms with Gasteiger partial charge in [0.25, 0.3) is 0 Å². The highest BCUT2D eigenvalue weighted by atomic mass is 32.1. The molecule has 0 radical (unpaired) electrons. The highest BCUT2D eigenvalue weighted by molar-refractivity contribution is 7.81. The zero-order valence-corrected chi connectivity index (χ0v) is 9.72. The summed E-state index contributed by atoms with van der Waals surface area (Å²) in [7, 11) is 1.71. The summed E-state index contributed by atoms with van der Waals surface area (Å²) in [6, 6.07) is 4.85. The van der Waals surface area contributed by atoms with Gasteiger partial charge in [0.15, 0.2) is 0 Å². The number of hydrogen-bond donors (Lipinski definition) is 1. The molecule has 82 valence electrons. The molecule has 0 atom stereocenters. The molecule has 0 aliphatic heterocycles. The van der Waals surface area contributed by atoms with Crippen LogP contribution in [0.2, 0.25) is 0 Å². The molecule has 0 saturated carbocycles. The van der Waals surface area contributed by atoms with E-state index in [2.05, 4.69) is 12.6 Å². The molecular weight excluding hydrogens is 213 g/mol. The number of halogens is 1. The minimum atomic E-state index is -0.220. The third-order valence-corrected chi connectivity index (χ3v) is 2.47. The van der Waals surface area contributed by atoms with Gasteiger partial charge in [-0.05, 0) is 24.1 Å². The van der Waals surface area contributed by atoms with Crippen LogP contribution in [-0.4, -0.2) is 23.6 Å². The Morgan fingerprint density at radius 3 is 2.73 bits per heavy atom. The Hall–Kier alpha value is -1.03. The first-order chi connectivity index (χ1) is 7.04. The number of hydrogen-bond acceptors (Lipinski definition) is 2. The van der Waals surface area contributed by atoms with Gasteiger partial charge in [0, 0.05) is 13.6 Å². The summed E-state index contributed by atoms with van der Waals surface area (Å²) in [4.78, 5) is 12.8. The maximum absolute atomic E-state index is 13.0. The van der Waals surface area contributed by atoms with Gasteiger partial charge in [0.1, 0.15) is 5.82 Å². The topological polar surface area (TPSA) is 20.3 Å². The van der Waals surface area contributed by atoms with E-state index in [9.17, 15) is 9.18 Å². The predicted molar refractivity (Wildman–Crippen MR) is 61.5 cm³/mol. The lowest BCUT2D eigenvalue weighted by molar-refractivity contribution is -0.127. The second-order valence-corrected chi connectivity index (χ2v) is 3.81. The zero-order chi connectivity index (χ0) is 11.4. The van der Waals surface area contributed by atoms with E-state index in [0.717, 1.165) is 5.56 Å². The van der Waals surface area contributed by atoms with Crippen LogP contribution in [0.1, 0.15) is 11.1 Å². The van der Waals surface area contributed by atoms with Gasteiger partial charge in [-0.25, -0.2) is 4.39 Å². The first-order valence-electron chi connectivity index (χ1n) is 4.64. The maximum Gasteiger partial charge on any atom is 0.232 e. The van der Waals surface area contributed by atoms with Gasteiger partial charge in [-0.15, -0.1) is 0 Å². The molecule has 0 fully saturated rings. The molecule has 2 nitrogen and oxygen atoms in total. The number of nitrogens with zero attached hydrogens (tertiary/aromatic N) is 1. The van der Waals surface area contributed by atoms with Crippen LogP contribution in [0.5, 0.6) is 0 Å². The van der Waals surface area contributed by atoms with Crippen LogP contribution in [-0.2, 0) is 11.3 Å². The normalized spacial score (nSPS) is 10.1. The number of rotatable bonds is 3. The first-order valence-corrected chi connectivity index (χ1v) is 5.27. The summed E-state index contributed by atoms with van der Waals surface area (Å²) >= 11 is 3.91. The number of thiol groups is 1. The highest BCUT2D eigenvalue weighted by Gasteiger charge is 2.07. The van der Waals surface area contributed by atoms with Crippen molar-refractivity contribution >= 4 is 18.5 Å². The molecule has 1 aromatic rings. The number of amides is 1. The van der Waals surface area contributed by atoms with Crippen molar-refractivity contribution in [1.82, 2.24) is 4.90 Å². The fraction of sp³-hybridized carbons (Fsp3) is 0.364. The van der Waals surface area contributed by atoms with E-state index in [1.54, 1.807) is 31.0 Å². The average Bonchev–Trinajstić information content (AvgIpc) is 2.22. The fourth-order valence-electron chi connectivity index (χ4n) is 1.29. The van der Waals surface area contributed by atoms with Gasteiger partial charge in [-0.1, -0.05) is 12.1 Å². The van der Waals surface area contributed by atoms with Gasteiger partial charge < -0.3 is 4.90 Å². The zero-order valence-electron chi connectivity index (χ0n) is 8.83. The molecular formula is C11H14FNOS. The molecule has 1 rings (SSSR count). The number of carbonyl (C=O) groups is 1. The van der Waals surface area contributed by atoms with E-state index in [-0.39, 0.29) is 17.5 Å². The monoisotopic (exact) mass is 227 g/mol. The van der Waals surface area contributed by atoms with Crippen LogP contribution in [0.25, 0.3) is 0 Å². The van der Waals surface area contributed by atoms with Crippen molar-refractivity contribution in [1.29, 1.82) is 0 Å². The van der Waals surface area contributed by atoms with Crippen LogP contribution >= 0.6 is 12.6 Å². The molecule has 0 spiro atoms. The van der Waals surface area contributed by atoms with Crippen LogP contribution in [0.15, 0.2) is 18.2 Å². The lowest BCUT2D eigenvalue weighted by Crippen LogP contribution is -2.27. The molecule has 0 saturated heterocycles. The first kappa shape index (κ1) is 12.0. The molecule has 0 aliphatic carbocycles. The molecule has 0 heterocycles. The highest BCUT2D eigenvalue weighted by Crippen LogP contribution is 2.11. The van der Waals surface area contributed by atoms with E-state index in [0.29, 0.717) is 12.1 Å². The Balaban J connectivity index is 2.73. The van der Waals surface area contributed by atoms with E-state index < -0.39 is 0 Å². The van der Waals surface area contributed by atoms with Crippen molar-refractivity contribution in [3.63, 3.8) is 0 Å². The predicted octanol–water partition coefficient (Wildman–Crippen LogP) is 2.02. The van der Waals surface area contributed by atoms with Crippen LogP contribution in [0.4, 0.5) is 4.39 Å². The van der Waals surface area contributed by atoms with Gasteiger partial charge in [0.2, 0.25) is 5.91 Å². The Bertz CT molecular complexity index is 368. The minimum Gasteiger partial charge on any atom is -0.341 e. The SMILES string of the molecule is Cc1cc(CN(C)C(=O)CS)ccc1F. The Labute approximate surface area is 94.5 Å². The molecule has 1 amide bonds. The third-order valence-electron chi connectivity index (χ3n) is 2.20. The molecule has 0 aromatic heterocycles. The summed E-state index contributed by atoms with van der Waals surface area (Å²) in [5.74, 6) is -0.0707. The van der Waals surface area contributed by atoms with E-state index in [4.69, 9.17) is 0 Å². The average molecular weight is 227 g/mol. The Morgan fingerprint density at radius 1 is 1.53 bits per heavy atom. The molecule has 15 heavy (non-hydrogen) atoms. The summed E-state index contributed by atoms with van der Waals surface area (Å²) in [5.41, 5.74) is 1.52. The van der Waals surface area contributed by atoms with Crippen molar-refractivity contribution in [3.05, 3.63) is 35.1 Å². The molecule has 1 aromatic carbocycles. The van der Waals surface area contributed by atoms with Crippen molar-refractivity contribution in [2.45, 2.75) is 13.5 Å². The number of aryl methyl sites for hydroxylation is 1. The molecule has 0 N–H and O–H groups in total. The van der Waals surface area contributed by atoms with Gasteiger partial charge in [0.05, 0.1) is 5.75 Å². The summed E-state index contributed by atoms with van der Waals surface area (Å²) in [5, 5.41) is 0. The summed E-state index contributed by atoms with van der Waals surface area (Å²) in [6.07, 6.45) is 0. The minimum absolute atomic E-state index is 0.0414. The molecule has 4 heteroatoms. The second kappa shape index (κ2) is 5.16. The third kappa shape index (κ3) is 3.23. The quantitative estimate of drug-likeness (QED) is 0.783. The van der Waals surface area contributed by atoms with Gasteiger partial charge in [-0.3, -0.25) is 4.79 Å². The maximum atomic E-state index is 13.0. The van der Waals surface area contributed by atoms with Crippen molar-refractivity contribution in [3.8, 4) is 0 Å². The van der Waals surface area contributed by atoms with Gasteiger partial charge >= 0.3 is 0 Å². The van der Waals surface area contributed by atoms with Crippen molar-refractivity contribution < 1.29 is 9.18 Å². The van der Waals surface area contributed by atoms with Crippen LogP contribution in [0.3, 0.4) is 0 Å². The fourth-order valence-corrected chi connectivity index (χ4v) is 1.53. The standard InChI is InChI=1S/C11H14FNOS/c1-8-5-9(3-4-10(8)12)6-13(2)11(14)7-15/h3-5,15H,6-7H2,1-2H3.